The maximum absolute atomic E-state index is 12.8. The standard InChI is InChI=1S/C18H26N2O3S2/c1-4-18(2,3)25(22,23)11-7-10-19-12-14-13-24-16-9-6-5-8-15(16)20(14)17(19)21/h5-6,8-9,14H,4,7,10-13H2,1-3H3. The third-order valence-electron chi connectivity index (χ3n) is 5.36. The average molecular weight is 383 g/mol. The summed E-state index contributed by atoms with van der Waals surface area (Å²) in [5.41, 5.74) is 0.982. The molecule has 0 radical (unpaired) electrons. The van der Waals surface area contributed by atoms with Crippen molar-refractivity contribution in [3.05, 3.63) is 24.3 Å². The van der Waals surface area contributed by atoms with E-state index in [-0.39, 0.29) is 17.8 Å². The fraction of sp³-hybridized carbons (Fsp3) is 0.611. The van der Waals surface area contributed by atoms with Gasteiger partial charge in [0.25, 0.3) is 0 Å². The lowest BCUT2D eigenvalue weighted by atomic mass is 10.1. The summed E-state index contributed by atoms with van der Waals surface area (Å²) >= 11 is 1.79. The van der Waals surface area contributed by atoms with Crippen LogP contribution in [-0.2, 0) is 9.84 Å². The number of para-hydroxylation sites is 1. The third kappa shape index (κ3) is 3.40. The fourth-order valence-electron chi connectivity index (χ4n) is 3.24. The van der Waals surface area contributed by atoms with Gasteiger partial charge in [-0.1, -0.05) is 19.1 Å². The highest BCUT2D eigenvalue weighted by Gasteiger charge is 2.41. The predicted molar refractivity (Wildman–Crippen MR) is 103 cm³/mol. The van der Waals surface area contributed by atoms with E-state index in [0.29, 0.717) is 25.9 Å². The Labute approximate surface area is 154 Å². The molecule has 2 amide bonds. The Morgan fingerprint density at radius 3 is 2.72 bits per heavy atom. The number of sulfone groups is 1. The number of urea groups is 1. The highest BCUT2D eigenvalue weighted by Crippen LogP contribution is 2.40. The van der Waals surface area contributed by atoms with Gasteiger partial charge in [-0.25, -0.2) is 13.2 Å². The molecule has 0 saturated carbocycles. The second-order valence-electron chi connectivity index (χ2n) is 7.32. The third-order valence-corrected chi connectivity index (χ3v) is 9.37. The Kier molecular flexibility index (Phi) is 5.08. The van der Waals surface area contributed by atoms with E-state index in [1.807, 2.05) is 41.0 Å². The Morgan fingerprint density at radius 2 is 2.00 bits per heavy atom. The highest BCUT2D eigenvalue weighted by molar-refractivity contribution is 7.99. The van der Waals surface area contributed by atoms with Crippen LogP contribution < -0.4 is 4.90 Å². The van der Waals surface area contributed by atoms with Gasteiger partial charge >= 0.3 is 6.03 Å². The zero-order chi connectivity index (χ0) is 18.2. The molecule has 2 aliphatic rings. The molecule has 1 saturated heterocycles. The van der Waals surface area contributed by atoms with Gasteiger partial charge in [-0.2, -0.15) is 0 Å². The number of hydrogen-bond acceptors (Lipinski definition) is 4. The molecular weight excluding hydrogens is 356 g/mol. The van der Waals surface area contributed by atoms with Crippen molar-refractivity contribution in [3.63, 3.8) is 0 Å². The Hall–Kier alpha value is -1.21. The van der Waals surface area contributed by atoms with Crippen molar-refractivity contribution in [2.75, 3.05) is 29.5 Å². The Bertz CT molecular complexity index is 761. The predicted octanol–water partition coefficient (Wildman–Crippen LogP) is 3.40. The molecular formula is C18H26N2O3S2. The van der Waals surface area contributed by atoms with Gasteiger partial charge in [-0.3, -0.25) is 4.90 Å². The summed E-state index contributed by atoms with van der Waals surface area (Å²) in [5, 5.41) is 0. The molecule has 138 valence electrons. The van der Waals surface area contributed by atoms with E-state index in [1.165, 1.54) is 0 Å². The van der Waals surface area contributed by atoms with Gasteiger partial charge in [0, 0.05) is 23.7 Å². The van der Waals surface area contributed by atoms with E-state index in [0.717, 1.165) is 16.3 Å². The first-order valence-electron chi connectivity index (χ1n) is 8.79. The number of rotatable bonds is 6. The summed E-state index contributed by atoms with van der Waals surface area (Å²) in [7, 11) is -3.15. The van der Waals surface area contributed by atoms with Crippen LogP contribution in [-0.4, -0.2) is 54.7 Å². The van der Waals surface area contributed by atoms with Crippen LogP contribution in [0.1, 0.15) is 33.6 Å². The van der Waals surface area contributed by atoms with Crippen LogP contribution in [0.4, 0.5) is 10.5 Å². The summed E-state index contributed by atoms with van der Waals surface area (Å²) in [4.78, 5) is 17.6. The van der Waals surface area contributed by atoms with Crippen molar-refractivity contribution < 1.29 is 13.2 Å². The molecule has 1 aromatic rings. The second-order valence-corrected chi connectivity index (χ2v) is 11.1. The van der Waals surface area contributed by atoms with Crippen LogP contribution in [0, 0.1) is 0 Å². The summed E-state index contributed by atoms with van der Waals surface area (Å²) in [6.45, 7) is 6.62. The van der Waals surface area contributed by atoms with Gasteiger partial charge in [0.1, 0.15) is 0 Å². The molecule has 1 unspecified atom stereocenters. The van der Waals surface area contributed by atoms with Crippen LogP contribution >= 0.6 is 11.8 Å². The van der Waals surface area contributed by atoms with Gasteiger partial charge in [-0.15, -0.1) is 11.8 Å². The van der Waals surface area contributed by atoms with Crippen molar-refractivity contribution in [1.82, 2.24) is 4.90 Å². The SMILES string of the molecule is CCC(C)(C)S(=O)(=O)CCCN1CC2CSc3ccccc3N2C1=O. The zero-order valence-electron chi connectivity index (χ0n) is 15.1. The monoisotopic (exact) mass is 382 g/mol. The Balaban J connectivity index is 1.64. The molecule has 1 atom stereocenters. The number of hydrogen-bond donors (Lipinski definition) is 0. The van der Waals surface area contributed by atoms with Crippen molar-refractivity contribution >= 4 is 33.3 Å². The number of nitrogens with zero attached hydrogens (tertiary/aromatic N) is 2. The molecule has 2 aliphatic heterocycles. The van der Waals surface area contributed by atoms with E-state index in [1.54, 1.807) is 25.6 Å². The molecule has 1 aromatic carbocycles. The van der Waals surface area contributed by atoms with Gasteiger partial charge in [0.15, 0.2) is 9.84 Å². The molecule has 0 spiro atoms. The largest absolute Gasteiger partial charge is 0.324 e. The summed E-state index contributed by atoms with van der Waals surface area (Å²) in [5.74, 6) is 1.02. The molecule has 7 heteroatoms. The average Bonchev–Trinajstić information content (AvgIpc) is 2.91. The lowest BCUT2D eigenvalue weighted by Crippen LogP contribution is -2.39. The summed E-state index contributed by atoms with van der Waals surface area (Å²) in [6, 6.07) is 8.17. The minimum Gasteiger partial charge on any atom is -0.322 e. The summed E-state index contributed by atoms with van der Waals surface area (Å²) < 4.78 is 24.2. The molecule has 1 fully saturated rings. The fourth-order valence-corrected chi connectivity index (χ4v) is 5.86. The summed E-state index contributed by atoms with van der Waals surface area (Å²) in [6.07, 6.45) is 1.09. The van der Waals surface area contributed by atoms with Crippen LogP contribution in [0.3, 0.4) is 0 Å². The molecule has 25 heavy (non-hydrogen) atoms. The van der Waals surface area contributed by atoms with Crippen LogP contribution in [0.25, 0.3) is 0 Å². The number of amides is 2. The van der Waals surface area contributed by atoms with Gasteiger partial charge < -0.3 is 4.90 Å². The van der Waals surface area contributed by atoms with Crippen LogP contribution in [0.15, 0.2) is 29.2 Å². The lowest BCUT2D eigenvalue weighted by Gasteiger charge is -2.29. The molecule has 5 nitrogen and oxygen atoms in total. The van der Waals surface area contributed by atoms with Crippen molar-refractivity contribution in [2.24, 2.45) is 0 Å². The maximum Gasteiger partial charge on any atom is 0.324 e. The maximum atomic E-state index is 12.8. The molecule has 0 aromatic heterocycles. The first kappa shape index (κ1) is 18.6. The first-order valence-corrected chi connectivity index (χ1v) is 11.4. The molecule has 3 rings (SSSR count). The normalized spacial score (nSPS) is 20.6. The van der Waals surface area contributed by atoms with Crippen LogP contribution in [0.5, 0.6) is 0 Å². The van der Waals surface area contributed by atoms with E-state index in [9.17, 15) is 13.2 Å². The minimum absolute atomic E-state index is 0.00454. The number of fused-ring (bicyclic) bond motifs is 3. The van der Waals surface area contributed by atoms with E-state index in [4.69, 9.17) is 0 Å². The van der Waals surface area contributed by atoms with Gasteiger partial charge in [0.2, 0.25) is 0 Å². The number of thioether (sulfide) groups is 1. The molecule has 0 bridgehead atoms. The number of benzene rings is 1. The van der Waals surface area contributed by atoms with Crippen molar-refractivity contribution in [1.29, 1.82) is 0 Å². The molecule has 0 aliphatic carbocycles. The lowest BCUT2D eigenvalue weighted by molar-refractivity contribution is 0.220. The van der Waals surface area contributed by atoms with Gasteiger partial charge in [0.05, 0.1) is 22.2 Å². The zero-order valence-corrected chi connectivity index (χ0v) is 16.7. The second kappa shape index (κ2) is 6.83. The van der Waals surface area contributed by atoms with Crippen LogP contribution in [0.2, 0.25) is 0 Å². The van der Waals surface area contributed by atoms with Crippen molar-refractivity contribution in [2.45, 2.75) is 49.3 Å². The molecule has 2 heterocycles. The number of carbonyl (C=O) groups is 1. The number of anilines is 1. The quantitative estimate of drug-likeness (QED) is 0.757. The van der Waals surface area contributed by atoms with E-state index < -0.39 is 14.6 Å². The number of carbonyl (C=O) groups excluding carboxylic acids is 1. The first-order chi connectivity index (χ1) is 11.8. The van der Waals surface area contributed by atoms with E-state index >= 15 is 0 Å². The molecule has 0 N–H and O–H groups in total. The minimum atomic E-state index is -3.15. The highest BCUT2D eigenvalue weighted by atomic mass is 32.2. The smallest absolute Gasteiger partial charge is 0.322 e. The van der Waals surface area contributed by atoms with E-state index in [2.05, 4.69) is 0 Å². The topological polar surface area (TPSA) is 57.7 Å². The Morgan fingerprint density at radius 1 is 1.28 bits per heavy atom. The van der Waals surface area contributed by atoms with Crippen molar-refractivity contribution in [3.8, 4) is 0 Å². The van der Waals surface area contributed by atoms with Gasteiger partial charge in [-0.05, 0) is 38.8 Å².